The lowest BCUT2D eigenvalue weighted by Crippen LogP contribution is -2.65. The minimum atomic E-state index is -1.98. The van der Waals surface area contributed by atoms with E-state index in [9.17, 15) is 90.4 Å². The van der Waals surface area contributed by atoms with Crippen LogP contribution in [0, 0.1) is 0 Å². The van der Waals surface area contributed by atoms with Crippen molar-refractivity contribution in [2.45, 2.75) is 168 Å². The monoisotopic (exact) mass is 1050 g/mol. The number of hydrogen-bond donors (Lipinski definition) is 18. The fourth-order valence-electron chi connectivity index (χ4n) is 7.73. The van der Waals surface area contributed by atoms with Gasteiger partial charge in [-0.05, 0) is 19.8 Å². The van der Waals surface area contributed by atoms with E-state index < -0.39 is 191 Å². The first-order valence-corrected chi connectivity index (χ1v) is 23.3. The summed E-state index contributed by atoms with van der Waals surface area (Å²) in [5, 5.41) is 146. The van der Waals surface area contributed by atoms with Crippen LogP contribution in [0.2, 0.25) is 0 Å². The first kappa shape index (κ1) is 61.1. The molecule has 4 fully saturated rings. The molecule has 0 unspecified atom stereocenters. The van der Waals surface area contributed by atoms with E-state index >= 15 is 0 Å². The molecule has 4 aliphatic rings. The molecule has 18 N–H and O–H groups in total. The van der Waals surface area contributed by atoms with E-state index in [0.29, 0.717) is 0 Å². The molecule has 72 heavy (non-hydrogen) atoms. The number of carbonyl (C=O) groups excluding carboxylic acids is 5. The van der Waals surface area contributed by atoms with Crippen molar-refractivity contribution in [3.05, 3.63) is 0 Å². The number of rotatable bonds is 26. The lowest BCUT2D eigenvalue weighted by atomic mass is 9.96. The Kier molecular flexibility index (Phi) is 25.1. The molecule has 5 amide bonds. The molecule has 0 saturated carbocycles. The molecule has 31 nitrogen and oxygen atoms in total. The fraction of sp³-hybridized carbons (Fsp3) is 0.878. The minimum Gasteiger partial charge on any atom is -0.394 e. The van der Waals surface area contributed by atoms with Crippen LogP contribution in [0.4, 0.5) is 0 Å². The average Bonchev–Trinajstić information content (AvgIpc) is 3.36. The maximum atomic E-state index is 13.0. The zero-order valence-electron chi connectivity index (χ0n) is 39.4. The predicted octanol–water partition coefficient (Wildman–Crippen LogP) is -11.2. The van der Waals surface area contributed by atoms with Crippen LogP contribution in [0.5, 0.6) is 0 Å². The molecule has 4 saturated heterocycles. The maximum absolute atomic E-state index is 13.0. The van der Waals surface area contributed by atoms with Gasteiger partial charge in [0.25, 0.3) is 0 Å². The molecule has 0 aromatic carbocycles. The number of carbonyl (C=O) groups is 5. The van der Waals surface area contributed by atoms with E-state index in [1.165, 1.54) is 14.0 Å². The molecule has 21 atom stereocenters. The minimum absolute atomic E-state index is 0.0240. The summed E-state index contributed by atoms with van der Waals surface area (Å²) in [7, 11) is 1.33. The summed E-state index contributed by atoms with van der Waals surface area (Å²) in [5.74, 6) is -3.16. The zero-order chi connectivity index (χ0) is 53.4. The highest BCUT2D eigenvalue weighted by Crippen LogP contribution is 2.31. The summed E-state index contributed by atoms with van der Waals surface area (Å²) in [6.07, 6.45) is -33.8. The molecule has 0 spiro atoms. The second-order valence-electron chi connectivity index (χ2n) is 17.4. The molecule has 0 bridgehead atoms. The SMILES string of the molecule is CNC(=O)CNC(=O)[C@H](CCC(=O)NCCO[C@H]1O[C@H](CO[C@H]2O[C@H](CO)[C@@H](O)[C@H](O)[C@@H]2O)[C@@H](O)[C@H](O[C@H]2O[C@H](CO)[C@@H](O)[C@H](O)[C@@H]2O)[C@@H]1O)NC(=O)CCCC(=O)NCCO[C@@H]1O[C@@H](C)[C@@H](O)[C@@H](O)[C@@H]1O. The third-order valence-corrected chi connectivity index (χ3v) is 12.1. The van der Waals surface area contributed by atoms with Crippen molar-refractivity contribution in [1.29, 1.82) is 0 Å². The van der Waals surface area contributed by atoms with Crippen LogP contribution in [-0.2, 0) is 61.9 Å². The van der Waals surface area contributed by atoms with E-state index in [-0.39, 0.29) is 51.8 Å². The topological polar surface area (TPSA) is 482 Å². The average molecular weight is 1050 g/mol. The third kappa shape index (κ3) is 17.0. The van der Waals surface area contributed by atoms with Gasteiger partial charge >= 0.3 is 0 Å². The van der Waals surface area contributed by atoms with Gasteiger partial charge in [0, 0.05) is 39.4 Å². The van der Waals surface area contributed by atoms with Gasteiger partial charge in [0.2, 0.25) is 29.5 Å². The molecule has 0 aromatic heterocycles. The van der Waals surface area contributed by atoms with Gasteiger partial charge in [0.15, 0.2) is 25.2 Å². The van der Waals surface area contributed by atoms with Crippen LogP contribution in [0.25, 0.3) is 0 Å². The molecule has 4 heterocycles. The molecule has 4 rings (SSSR count). The smallest absolute Gasteiger partial charge is 0.243 e. The van der Waals surface area contributed by atoms with E-state index in [4.69, 9.17) is 37.9 Å². The Morgan fingerprint density at radius 2 is 1.00 bits per heavy atom. The summed E-state index contributed by atoms with van der Waals surface area (Å²) < 4.78 is 43.9. The molecule has 416 valence electrons. The molecule has 0 aromatic rings. The van der Waals surface area contributed by atoms with E-state index in [2.05, 4.69) is 26.6 Å². The maximum Gasteiger partial charge on any atom is 0.243 e. The van der Waals surface area contributed by atoms with Gasteiger partial charge in [-0.3, -0.25) is 24.0 Å². The van der Waals surface area contributed by atoms with Gasteiger partial charge in [0.05, 0.1) is 45.7 Å². The van der Waals surface area contributed by atoms with Crippen molar-refractivity contribution in [3.8, 4) is 0 Å². The first-order valence-electron chi connectivity index (χ1n) is 23.3. The molecule has 0 radical (unpaired) electrons. The number of aliphatic hydroxyl groups is 13. The Balaban J connectivity index is 1.28. The van der Waals surface area contributed by atoms with E-state index in [1.807, 2.05) is 0 Å². The van der Waals surface area contributed by atoms with Gasteiger partial charge in [-0.25, -0.2) is 0 Å². The Labute approximate surface area is 411 Å². The summed E-state index contributed by atoms with van der Waals surface area (Å²) in [6.45, 7) is -2.17. The number of hydrogen-bond acceptors (Lipinski definition) is 26. The standard InChI is InChI=1S/C41H71N5O26/c1-16-25(53)29(57)32(60)38(68-16)65-10-8-43-21(49)4-3-5-23(51)46-17(37(64)45-12-24(52)42-2)6-7-22(50)44-9-11-66-40-35(63)36(72-41-34(62)31(59)27(55)19(14-48)70-41)28(56)20(71-40)15-67-39-33(61)30(58)26(54)18(13-47)69-39/h16-20,25-36,38-41,47-48,53-63H,3-15H2,1-2H3,(H,42,52)(H,43,49)(H,44,50)(H,45,64)(H,46,51)/t16-,17-,18+,19+,20+,25+,26+,27+,28+,29+,30-,31-,32-,33-,34-,35-,36-,38+,39-,40-,41+/m0/s1. The van der Waals surface area contributed by atoms with Crippen LogP contribution >= 0.6 is 0 Å². The molecular formula is C41H71N5O26. The molecule has 4 aliphatic heterocycles. The highest BCUT2D eigenvalue weighted by Gasteiger charge is 2.52. The van der Waals surface area contributed by atoms with Gasteiger partial charge in [-0.2, -0.15) is 0 Å². The highest BCUT2D eigenvalue weighted by molar-refractivity contribution is 5.91. The zero-order valence-corrected chi connectivity index (χ0v) is 39.4. The van der Waals surface area contributed by atoms with Crippen LogP contribution in [-0.4, -0.2) is 285 Å². The molecular weight excluding hydrogens is 978 g/mol. The van der Waals surface area contributed by atoms with Crippen molar-refractivity contribution in [1.82, 2.24) is 26.6 Å². The summed E-state index contributed by atoms with van der Waals surface area (Å²) in [5.41, 5.74) is 0. The lowest BCUT2D eigenvalue weighted by molar-refractivity contribution is -0.366. The quantitative estimate of drug-likeness (QED) is 0.0358. The fourth-order valence-corrected chi connectivity index (χ4v) is 7.73. The number of likely N-dealkylation sites (N-methyl/N-ethyl adjacent to an activating group) is 1. The Hall–Kier alpha value is -3.49. The number of aliphatic hydroxyl groups excluding tert-OH is 13. The van der Waals surface area contributed by atoms with Gasteiger partial charge < -0.3 is 131 Å². The molecule has 0 aliphatic carbocycles. The number of ether oxygens (including phenoxy) is 8. The molecule has 31 heteroatoms. The van der Waals surface area contributed by atoms with Crippen molar-refractivity contribution in [3.63, 3.8) is 0 Å². The van der Waals surface area contributed by atoms with E-state index in [1.54, 1.807) is 0 Å². The second-order valence-corrected chi connectivity index (χ2v) is 17.4. The van der Waals surface area contributed by atoms with Crippen LogP contribution < -0.4 is 26.6 Å². The third-order valence-electron chi connectivity index (χ3n) is 12.1. The van der Waals surface area contributed by atoms with Crippen molar-refractivity contribution in [2.24, 2.45) is 0 Å². The highest BCUT2D eigenvalue weighted by atomic mass is 16.8. The van der Waals surface area contributed by atoms with Gasteiger partial charge in [-0.1, -0.05) is 0 Å². The summed E-state index contributed by atoms with van der Waals surface area (Å²) in [6, 6.07) is -1.32. The summed E-state index contributed by atoms with van der Waals surface area (Å²) >= 11 is 0. The predicted molar refractivity (Wildman–Crippen MR) is 231 cm³/mol. The lowest BCUT2D eigenvalue weighted by Gasteiger charge is -2.46. The second kappa shape index (κ2) is 29.6. The van der Waals surface area contributed by atoms with Crippen LogP contribution in [0.3, 0.4) is 0 Å². The van der Waals surface area contributed by atoms with Gasteiger partial charge in [-0.15, -0.1) is 0 Å². The number of amides is 5. The first-order chi connectivity index (χ1) is 34.1. The Bertz CT molecular complexity index is 1710. The van der Waals surface area contributed by atoms with Crippen LogP contribution in [0.1, 0.15) is 39.0 Å². The van der Waals surface area contributed by atoms with E-state index in [0.717, 1.165) is 0 Å². The summed E-state index contributed by atoms with van der Waals surface area (Å²) in [4.78, 5) is 63.0. The Morgan fingerprint density at radius 1 is 0.514 bits per heavy atom. The largest absolute Gasteiger partial charge is 0.394 e. The van der Waals surface area contributed by atoms with Gasteiger partial charge in [0.1, 0.15) is 97.6 Å². The van der Waals surface area contributed by atoms with Crippen LogP contribution in [0.15, 0.2) is 0 Å². The normalized spacial score (nSPS) is 37.5. The van der Waals surface area contributed by atoms with Crippen molar-refractivity contribution in [2.75, 3.05) is 59.7 Å². The Morgan fingerprint density at radius 3 is 1.57 bits per heavy atom. The van der Waals surface area contributed by atoms with Crippen molar-refractivity contribution >= 4 is 29.5 Å². The van der Waals surface area contributed by atoms with Crippen molar-refractivity contribution < 1.29 is 128 Å². The number of nitrogens with one attached hydrogen (secondary N) is 5.